The quantitative estimate of drug-likeness (QED) is 0.532. The van der Waals surface area contributed by atoms with Crippen molar-refractivity contribution in [3.8, 4) is 6.07 Å². The van der Waals surface area contributed by atoms with Crippen molar-refractivity contribution in [1.82, 2.24) is 0 Å². The first-order valence-corrected chi connectivity index (χ1v) is 8.72. The van der Waals surface area contributed by atoms with Gasteiger partial charge in [0.05, 0.1) is 12.5 Å². The summed E-state index contributed by atoms with van der Waals surface area (Å²) in [6, 6.07) is 16.4. The second-order valence-electron chi connectivity index (χ2n) is 5.74. The minimum absolute atomic E-state index is 0.162. The third-order valence-electron chi connectivity index (χ3n) is 3.75. The van der Waals surface area contributed by atoms with Crippen LogP contribution < -0.4 is 4.90 Å². The van der Waals surface area contributed by atoms with Gasteiger partial charge in [-0.15, -0.1) is 0 Å². The van der Waals surface area contributed by atoms with E-state index in [1.807, 2.05) is 43.3 Å². The molecule has 2 aromatic rings. The highest BCUT2D eigenvalue weighted by molar-refractivity contribution is 6.31. The molecular weight excluding hydrogens is 364 g/mol. The summed E-state index contributed by atoms with van der Waals surface area (Å²) in [6.07, 6.45) is 3.05. The molecule has 0 saturated carbocycles. The van der Waals surface area contributed by atoms with Crippen molar-refractivity contribution in [2.45, 2.75) is 13.3 Å². The lowest BCUT2D eigenvalue weighted by Gasteiger charge is -2.22. The number of hydrogen-bond acceptors (Lipinski definition) is 4. The van der Waals surface area contributed by atoms with Crippen LogP contribution in [-0.2, 0) is 14.3 Å². The normalized spacial score (nSPS) is 10.4. The molecule has 138 valence electrons. The molecule has 1 amide bonds. The van der Waals surface area contributed by atoms with E-state index in [1.165, 1.54) is 11.0 Å². The molecular formula is C21H19ClN2O3. The van der Waals surface area contributed by atoms with Gasteiger partial charge in [-0.3, -0.25) is 4.79 Å². The van der Waals surface area contributed by atoms with E-state index in [4.69, 9.17) is 21.6 Å². The van der Waals surface area contributed by atoms with Crippen LogP contribution in [-0.4, -0.2) is 25.0 Å². The Bertz CT molecular complexity index is 873. The number of aryl methyl sites for hydroxylation is 1. The first kappa shape index (κ1) is 20.2. The van der Waals surface area contributed by atoms with Crippen LogP contribution in [0.1, 0.15) is 17.5 Å². The van der Waals surface area contributed by atoms with Crippen LogP contribution in [0.25, 0.3) is 6.08 Å². The molecule has 0 heterocycles. The van der Waals surface area contributed by atoms with Gasteiger partial charge in [0.2, 0.25) is 0 Å². The molecule has 0 saturated heterocycles. The predicted octanol–water partition coefficient (Wildman–Crippen LogP) is 4.15. The highest BCUT2D eigenvalue weighted by atomic mass is 35.5. The molecule has 0 radical (unpaired) electrons. The molecule has 0 bridgehead atoms. The van der Waals surface area contributed by atoms with E-state index in [2.05, 4.69) is 0 Å². The summed E-state index contributed by atoms with van der Waals surface area (Å²) in [5.74, 6) is -1.02. The summed E-state index contributed by atoms with van der Waals surface area (Å²) in [6.45, 7) is 1.62. The lowest BCUT2D eigenvalue weighted by atomic mass is 10.2. The number of anilines is 1. The number of carbonyl (C=O) groups is 2. The molecule has 27 heavy (non-hydrogen) atoms. The van der Waals surface area contributed by atoms with Crippen molar-refractivity contribution < 1.29 is 14.3 Å². The Morgan fingerprint density at radius 3 is 2.63 bits per heavy atom. The molecule has 0 aliphatic rings. The number of rotatable bonds is 7. The smallest absolute Gasteiger partial charge is 0.331 e. The molecule has 0 N–H and O–H groups in total. The van der Waals surface area contributed by atoms with E-state index in [1.54, 1.807) is 24.3 Å². The monoisotopic (exact) mass is 382 g/mol. The minimum Gasteiger partial charge on any atom is -0.452 e. The molecule has 2 aromatic carbocycles. The molecule has 0 aliphatic heterocycles. The van der Waals surface area contributed by atoms with Crippen LogP contribution in [0.15, 0.2) is 54.6 Å². The van der Waals surface area contributed by atoms with Crippen molar-refractivity contribution in [2.24, 2.45) is 0 Å². The Hall–Kier alpha value is -3.10. The molecule has 0 spiro atoms. The fraction of sp³-hybridized carbons (Fsp3) is 0.190. The van der Waals surface area contributed by atoms with Crippen molar-refractivity contribution in [1.29, 1.82) is 5.26 Å². The zero-order valence-electron chi connectivity index (χ0n) is 14.9. The number of carbonyl (C=O) groups excluding carboxylic acids is 2. The number of amides is 1. The SMILES string of the molecule is Cc1cc(N(CCC#N)C(=O)COC(=O)/C=C/c2ccccc2)ccc1Cl. The summed E-state index contributed by atoms with van der Waals surface area (Å²) >= 11 is 6.02. The first-order valence-electron chi connectivity index (χ1n) is 8.34. The number of halogens is 1. The number of esters is 1. The largest absolute Gasteiger partial charge is 0.452 e. The first-order chi connectivity index (χ1) is 13.0. The summed E-state index contributed by atoms with van der Waals surface area (Å²) < 4.78 is 5.04. The van der Waals surface area contributed by atoms with E-state index in [9.17, 15) is 9.59 Å². The van der Waals surface area contributed by atoms with E-state index in [0.29, 0.717) is 10.7 Å². The Kier molecular flexibility index (Phi) is 7.60. The number of nitriles is 1. The van der Waals surface area contributed by atoms with Crippen molar-refractivity contribution in [2.75, 3.05) is 18.1 Å². The van der Waals surface area contributed by atoms with Crippen LogP contribution >= 0.6 is 11.6 Å². The van der Waals surface area contributed by atoms with Crippen LogP contribution in [0.3, 0.4) is 0 Å². The Morgan fingerprint density at radius 2 is 1.96 bits per heavy atom. The highest BCUT2D eigenvalue weighted by Gasteiger charge is 2.17. The van der Waals surface area contributed by atoms with Gasteiger partial charge in [0.15, 0.2) is 6.61 Å². The lowest BCUT2D eigenvalue weighted by Crippen LogP contribution is -2.35. The van der Waals surface area contributed by atoms with Gasteiger partial charge in [0.25, 0.3) is 5.91 Å². The second-order valence-corrected chi connectivity index (χ2v) is 6.15. The van der Waals surface area contributed by atoms with Gasteiger partial charge in [0, 0.05) is 23.3 Å². The maximum Gasteiger partial charge on any atom is 0.331 e. The van der Waals surface area contributed by atoms with Gasteiger partial charge in [-0.05, 0) is 42.3 Å². The number of benzene rings is 2. The molecule has 6 heteroatoms. The van der Waals surface area contributed by atoms with E-state index < -0.39 is 18.5 Å². The van der Waals surface area contributed by atoms with E-state index >= 15 is 0 Å². The third-order valence-corrected chi connectivity index (χ3v) is 4.17. The predicted molar refractivity (Wildman–Crippen MR) is 105 cm³/mol. The average Bonchev–Trinajstić information content (AvgIpc) is 2.68. The molecule has 0 aliphatic carbocycles. The second kappa shape index (κ2) is 10.1. The summed E-state index contributed by atoms with van der Waals surface area (Å²) in [5, 5.41) is 9.42. The van der Waals surface area contributed by atoms with Gasteiger partial charge < -0.3 is 9.64 Å². The van der Waals surface area contributed by atoms with Gasteiger partial charge in [-0.25, -0.2) is 4.79 Å². The molecule has 0 unspecified atom stereocenters. The van der Waals surface area contributed by atoms with E-state index in [0.717, 1.165) is 11.1 Å². The van der Waals surface area contributed by atoms with E-state index in [-0.39, 0.29) is 13.0 Å². The fourth-order valence-electron chi connectivity index (χ4n) is 2.34. The summed E-state index contributed by atoms with van der Waals surface area (Å²) in [4.78, 5) is 25.8. The van der Waals surface area contributed by atoms with Gasteiger partial charge in [-0.2, -0.15) is 5.26 Å². The van der Waals surface area contributed by atoms with Crippen molar-refractivity contribution in [3.05, 3.63) is 70.8 Å². The van der Waals surface area contributed by atoms with Crippen molar-refractivity contribution >= 4 is 35.2 Å². The highest BCUT2D eigenvalue weighted by Crippen LogP contribution is 2.23. The Balaban J connectivity index is 2.00. The Labute approximate surface area is 163 Å². The zero-order chi connectivity index (χ0) is 19.6. The maximum atomic E-state index is 12.5. The number of hydrogen-bond donors (Lipinski definition) is 0. The third kappa shape index (κ3) is 6.28. The Morgan fingerprint density at radius 1 is 1.22 bits per heavy atom. The van der Waals surface area contributed by atoms with Crippen LogP contribution in [0, 0.1) is 18.3 Å². The maximum absolute atomic E-state index is 12.5. The molecule has 5 nitrogen and oxygen atoms in total. The van der Waals surface area contributed by atoms with Crippen molar-refractivity contribution in [3.63, 3.8) is 0 Å². The number of ether oxygens (including phenoxy) is 1. The zero-order valence-corrected chi connectivity index (χ0v) is 15.6. The van der Waals surface area contributed by atoms with Gasteiger partial charge in [-0.1, -0.05) is 41.9 Å². The molecule has 0 fully saturated rings. The molecule has 0 atom stereocenters. The van der Waals surface area contributed by atoms with Gasteiger partial charge >= 0.3 is 5.97 Å². The van der Waals surface area contributed by atoms with Crippen LogP contribution in [0.2, 0.25) is 5.02 Å². The fourth-order valence-corrected chi connectivity index (χ4v) is 2.46. The van der Waals surface area contributed by atoms with Gasteiger partial charge in [0.1, 0.15) is 0 Å². The molecule has 2 rings (SSSR count). The van der Waals surface area contributed by atoms with Crippen LogP contribution in [0.4, 0.5) is 5.69 Å². The topological polar surface area (TPSA) is 70.4 Å². The number of nitrogens with zero attached hydrogens (tertiary/aromatic N) is 2. The standard InChI is InChI=1S/C21H19ClN2O3/c1-16-14-18(9-10-19(16)22)24(13-5-12-23)20(25)15-27-21(26)11-8-17-6-3-2-4-7-17/h2-4,6-11,14H,5,13,15H2,1H3/b11-8+. The lowest BCUT2D eigenvalue weighted by molar-refractivity contribution is -0.142. The summed E-state index contributed by atoms with van der Waals surface area (Å²) in [5.41, 5.74) is 2.27. The average molecular weight is 383 g/mol. The van der Waals surface area contributed by atoms with Crippen LogP contribution in [0.5, 0.6) is 0 Å². The minimum atomic E-state index is -0.611. The molecule has 0 aromatic heterocycles. The summed E-state index contributed by atoms with van der Waals surface area (Å²) in [7, 11) is 0.